The monoisotopic (exact) mass is 456 g/mol. The molecule has 0 aliphatic heterocycles. The van der Waals surface area contributed by atoms with Gasteiger partial charge >= 0.3 is 5.97 Å². The maximum absolute atomic E-state index is 12.2. The highest BCUT2D eigenvalue weighted by Crippen LogP contribution is 2.75. The lowest BCUT2D eigenvalue weighted by atomic mass is 9.33. The van der Waals surface area contributed by atoms with E-state index in [1.54, 1.807) is 5.57 Å². The first kappa shape index (κ1) is 23.9. The van der Waals surface area contributed by atoms with Crippen molar-refractivity contribution in [3.63, 3.8) is 0 Å². The smallest absolute Gasteiger partial charge is 0.309 e. The standard InChI is InChI=1S/C30H48O3/c1-25(2)21-10-13-30(7)22(28(21,5)12-11-23(25)31)9-8-19-20-18-27(4,24(32)33)15-14-26(20,3)16-17-29(19,30)6/h8,20-23,31H,9-18H2,1-7H3,(H,32,33)/t20-,21+,22-,23+,26-,27+,28-,29-,30-/m1/s1. The molecule has 0 bridgehead atoms. The predicted octanol–water partition coefficient (Wildman–Crippen LogP) is 7.23. The van der Waals surface area contributed by atoms with Crippen molar-refractivity contribution in [2.45, 2.75) is 119 Å². The molecule has 5 rings (SSSR count). The van der Waals surface area contributed by atoms with E-state index >= 15 is 0 Å². The van der Waals surface area contributed by atoms with Gasteiger partial charge in [0.1, 0.15) is 0 Å². The molecule has 5 aliphatic carbocycles. The van der Waals surface area contributed by atoms with Crippen molar-refractivity contribution in [1.82, 2.24) is 0 Å². The number of rotatable bonds is 1. The summed E-state index contributed by atoms with van der Waals surface area (Å²) >= 11 is 0. The van der Waals surface area contributed by atoms with E-state index in [9.17, 15) is 15.0 Å². The van der Waals surface area contributed by atoms with E-state index in [2.05, 4.69) is 47.6 Å². The Bertz CT molecular complexity index is 889. The van der Waals surface area contributed by atoms with Crippen LogP contribution in [0.1, 0.15) is 113 Å². The molecular weight excluding hydrogens is 408 g/mol. The molecule has 0 heterocycles. The van der Waals surface area contributed by atoms with Crippen LogP contribution in [0.3, 0.4) is 0 Å². The third-order valence-electron chi connectivity index (χ3n) is 13.3. The van der Waals surface area contributed by atoms with Crippen LogP contribution in [0.15, 0.2) is 11.6 Å². The number of carboxylic acid groups (broad SMARTS) is 1. The molecule has 9 atom stereocenters. The molecule has 4 saturated carbocycles. The second-order valence-corrected chi connectivity index (χ2v) is 14.9. The highest BCUT2D eigenvalue weighted by Gasteiger charge is 2.68. The summed E-state index contributed by atoms with van der Waals surface area (Å²) in [5, 5.41) is 20.9. The van der Waals surface area contributed by atoms with E-state index in [4.69, 9.17) is 0 Å². The van der Waals surface area contributed by atoms with Gasteiger partial charge in [-0.15, -0.1) is 0 Å². The van der Waals surface area contributed by atoms with E-state index in [1.165, 1.54) is 25.7 Å². The summed E-state index contributed by atoms with van der Waals surface area (Å²) < 4.78 is 0. The summed E-state index contributed by atoms with van der Waals surface area (Å²) in [7, 11) is 0. The molecular formula is C30H48O3. The second kappa shape index (κ2) is 6.89. The van der Waals surface area contributed by atoms with E-state index in [0.717, 1.165) is 38.5 Å². The predicted molar refractivity (Wildman–Crippen MR) is 133 cm³/mol. The minimum atomic E-state index is -0.603. The Morgan fingerprint density at radius 1 is 0.879 bits per heavy atom. The fourth-order valence-electron chi connectivity index (χ4n) is 10.5. The number of fused-ring (bicyclic) bond motifs is 7. The number of aliphatic hydroxyl groups is 1. The van der Waals surface area contributed by atoms with Gasteiger partial charge in [0.25, 0.3) is 0 Å². The van der Waals surface area contributed by atoms with Crippen LogP contribution >= 0.6 is 0 Å². The second-order valence-electron chi connectivity index (χ2n) is 14.9. The van der Waals surface area contributed by atoms with Gasteiger partial charge in [0.15, 0.2) is 0 Å². The third-order valence-corrected chi connectivity index (χ3v) is 13.3. The van der Waals surface area contributed by atoms with Gasteiger partial charge in [-0.3, -0.25) is 4.79 Å². The van der Waals surface area contributed by atoms with Gasteiger partial charge in [-0.25, -0.2) is 0 Å². The molecule has 0 radical (unpaired) electrons. The van der Waals surface area contributed by atoms with Crippen LogP contribution in [0.25, 0.3) is 0 Å². The summed E-state index contributed by atoms with van der Waals surface area (Å²) in [6.45, 7) is 16.8. The zero-order valence-electron chi connectivity index (χ0n) is 22.3. The highest BCUT2D eigenvalue weighted by atomic mass is 16.4. The zero-order valence-corrected chi connectivity index (χ0v) is 22.3. The Balaban J connectivity index is 1.57. The van der Waals surface area contributed by atoms with Crippen molar-refractivity contribution >= 4 is 5.97 Å². The molecule has 0 unspecified atom stereocenters. The Hall–Kier alpha value is -0.830. The number of hydrogen-bond donors (Lipinski definition) is 2. The van der Waals surface area contributed by atoms with Crippen LogP contribution in [0.2, 0.25) is 0 Å². The van der Waals surface area contributed by atoms with E-state index < -0.39 is 11.4 Å². The summed E-state index contributed by atoms with van der Waals surface area (Å²) in [6.07, 6.45) is 13.2. The molecule has 0 aromatic rings. The molecule has 0 spiro atoms. The van der Waals surface area contributed by atoms with Crippen LogP contribution in [0.5, 0.6) is 0 Å². The summed E-state index contributed by atoms with van der Waals surface area (Å²) in [4.78, 5) is 12.2. The Morgan fingerprint density at radius 3 is 2.21 bits per heavy atom. The maximum atomic E-state index is 12.2. The van der Waals surface area contributed by atoms with Crippen molar-refractivity contribution in [3.05, 3.63) is 11.6 Å². The molecule has 4 fully saturated rings. The molecule has 5 aliphatic rings. The quantitative estimate of drug-likeness (QED) is 0.409. The number of aliphatic carboxylic acids is 1. The molecule has 186 valence electrons. The van der Waals surface area contributed by atoms with Gasteiger partial charge in [-0.05, 0) is 116 Å². The largest absolute Gasteiger partial charge is 0.481 e. The minimum Gasteiger partial charge on any atom is -0.481 e. The molecule has 0 aromatic heterocycles. The topological polar surface area (TPSA) is 57.5 Å². The number of carboxylic acids is 1. The summed E-state index contributed by atoms with van der Waals surface area (Å²) in [5.74, 6) is 1.01. The normalized spacial score (nSPS) is 55.3. The average molecular weight is 457 g/mol. The molecule has 2 N–H and O–H groups in total. The van der Waals surface area contributed by atoms with E-state index in [-0.39, 0.29) is 33.2 Å². The minimum absolute atomic E-state index is 0.0168. The zero-order chi connectivity index (χ0) is 24.2. The number of hydrogen-bond acceptors (Lipinski definition) is 2. The highest BCUT2D eigenvalue weighted by molar-refractivity contribution is 5.74. The molecule has 3 nitrogen and oxygen atoms in total. The number of carbonyl (C=O) groups is 1. The lowest BCUT2D eigenvalue weighted by molar-refractivity contribution is -0.203. The Kier molecular flexibility index (Phi) is 4.99. The fourth-order valence-corrected chi connectivity index (χ4v) is 10.5. The summed E-state index contributed by atoms with van der Waals surface area (Å²) in [5.41, 5.74) is 1.94. The Labute approximate surface area is 201 Å². The molecule has 33 heavy (non-hydrogen) atoms. The first-order chi connectivity index (χ1) is 15.1. The fraction of sp³-hybridized carbons (Fsp3) is 0.900. The third kappa shape index (κ3) is 2.87. The van der Waals surface area contributed by atoms with Crippen LogP contribution in [0.4, 0.5) is 0 Å². The number of allylic oxidation sites excluding steroid dienone is 2. The molecule has 3 heteroatoms. The maximum Gasteiger partial charge on any atom is 0.309 e. The van der Waals surface area contributed by atoms with Gasteiger partial charge in [-0.1, -0.05) is 53.2 Å². The lowest BCUT2D eigenvalue weighted by Crippen LogP contribution is -2.64. The first-order valence-corrected chi connectivity index (χ1v) is 13.8. The van der Waals surface area contributed by atoms with E-state index in [1.807, 2.05) is 6.92 Å². The van der Waals surface area contributed by atoms with Gasteiger partial charge in [0.2, 0.25) is 0 Å². The van der Waals surface area contributed by atoms with Gasteiger partial charge in [-0.2, -0.15) is 0 Å². The first-order valence-electron chi connectivity index (χ1n) is 13.8. The van der Waals surface area contributed by atoms with Crippen molar-refractivity contribution < 1.29 is 15.0 Å². The Morgan fingerprint density at radius 2 is 1.55 bits per heavy atom. The van der Waals surface area contributed by atoms with Gasteiger partial charge in [0.05, 0.1) is 11.5 Å². The van der Waals surface area contributed by atoms with Gasteiger partial charge < -0.3 is 10.2 Å². The summed E-state index contributed by atoms with van der Waals surface area (Å²) in [6, 6.07) is 0. The SMILES string of the molecule is CC1(C)[C@@H](O)CC[C@@]2(C)[C@H]3CC=C4[C@H]5C[C@@](C)(C(=O)O)CC[C@]5(C)CC[C@@]4(C)[C@]3(C)CC[C@@H]12. The van der Waals surface area contributed by atoms with Gasteiger partial charge in [0, 0.05) is 0 Å². The van der Waals surface area contributed by atoms with Crippen LogP contribution in [0, 0.1) is 50.2 Å². The van der Waals surface area contributed by atoms with Crippen molar-refractivity contribution in [1.29, 1.82) is 0 Å². The molecule has 0 saturated heterocycles. The van der Waals surface area contributed by atoms with E-state index in [0.29, 0.717) is 17.8 Å². The average Bonchev–Trinajstić information content (AvgIpc) is 2.73. The van der Waals surface area contributed by atoms with Crippen LogP contribution in [-0.2, 0) is 4.79 Å². The number of aliphatic hydroxyl groups excluding tert-OH is 1. The van der Waals surface area contributed by atoms with Crippen molar-refractivity contribution in [3.8, 4) is 0 Å². The van der Waals surface area contributed by atoms with Crippen molar-refractivity contribution in [2.75, 3.05) is 0 Å². The van der Waals surface area contributed by atoms with Crippen LogP contribution < -0.4 is 0 Å². The van der Waals surface area contributed by atoms with Crippen LogP contribution in [-0.4, -0.2) is 22.3 Å². The molecule has 0 aromatic carbocycles. The van der Waals surface area contributed by atoms with Crippen molar-refractivity contribution in [2.24, 2.45) is 50.2 Å². The lowest BCUT2D eigenvalue weighted by Gasteiger charge is -2.71. The molecule has 0 amide bonds.